The van der Waals surface area contributed by atoms with Gasteiger partial charge in [0.1, 0.15) is 5.75 Å². The van der Waals surface area contributed by atoms with Crippen molar-refractivity contribution in [3.8, 4) is 5.75 Å². The fraction of sp³-hybridized carbons (Fsp3) is 0.400. The summed E-state index contributed by atoms with van der Waals surface area (Å²) in [6, 6.07) is 0. The van der Waals surface area contributed by atoms with Gasteiger partial charge in [-0.1, -0.05) is 0 Å². The highest BCUT2D eigenvalue weighted by Crippen LogP contribution is 2.34. The number of esters is 1. The molecule has 0 radical (unpaired) electrons. The first kappa shape index (κ1) is 13.6. The van der Waals surface area contributed by atoms with Crippen molar-refractivity contribution in [2.75, 3.05) is 6.61 Å². The van der Waals surface area contributed by atoms with Gasteiger partial charge < -0.3 is 9.84 Å². The van der Waals surface area contributed by atoms with Crippen molar-refractivity contribution in [1.29, 1.82) is 0 Å². The molecule has 1 aromatic rings. The molecule has 0 bridgehead atoms. The Labute approximate surface area is 101 Å². The molecule has 1 aromatic heterocycles. The van der Waals surface area contributed by atoms with E-state index < -0.39 is 29.3 Å². The summed E-state index contributed by atoms with van der Waals surface area (Å²) >= 11 is 5.42. The average molecular weight is 266 g/mol. The molecule has 0 unspecified atom stereocenters. The monoisotopic (exact) mass is 265 g/mol. The molecule has 0 aliphatic carbocycles. The number of carbonyl (C=O) groups excluding carboxylic acids is 1. The van der Waals surface area contributed by atoms with Gasteiger partial charge in [0.25, 0.3) is 6.43 Å². The molecular weight excluding hydrogens is 256 g/mol. The van der Waals surface area contributed by atoms with Crippen molar-refractivity contribution < 1.29 is 23.4 Å². The van der Waals surface area contributed by atoms with Crippen molar-refractivity contribution in [2.45, 2.75) is 19.2 Å². The third-order valence-corrected chi connectivity index (χ3v) is 2.26. The van der Waals surface area contributed by atoms with Gasteiger partial charge >= 0.3 is 5.97 Å². The lowest BCUT2D eigenvalue weighted by atomic mass is 10.1. The highest BCUT2D eigenvalue weighted by Gasteiger charge is 2.26. The summed E-state index contributed by atoms with van der Waals surface area (Å²) in [5, 5.41) is 9.52. The average Bonchev–Trinajstić information content (AvgIpc) is 2.28. The molecule has 0 saturated heterocycles. The van der Waals surface area contributed by atoms with E-state index in [0.29, 0.717) is 0 Å². The summed E-state index contributed by atoms with van der Waals surface area (Å²) in [5.74, 6) is -1.94. The van der Waals surface area contributed by atoms with Crippen molar-refractivity contribution in [3.63, 3.8) is 0 Å². The van der Waals surface area contributed by atoms with E-state index >= 15 is 0 Å². The lowest BCUT2D eigenvalue weighted by molar-refractivity contribution is 0.0513. The predicted octanol–water partition coefficient (Wildman–Crippen LogP) is 2.64. The van der Waals surface area contributed by atoms with Gasteiger partial charge in [-0.05, 0) is 6.92 Å². The molecule has 0 amide bonds. The molecule has 0 aliphatic heterocycles. The van der Waals surface area contributed by atoms with Gasteiger partial charge in [0.05, 0.1) is 29.3 Å². The van der Waals surface area contributed by atoms with Crippen LogP contribution in [0.4, 0.5) is 8.78 Å². The van der Waals surface area contributed by atoms with Crippen LogP contribution >= 0.6 is 11.6 Å². The summed E-state index contributed by atoms with van der Waals surface area (Å²) in [6.45, 7) is 1.58. The van der Waals surface area contributed by atoms with Gasteiger partial charge in [0.15, 0.2) is 0 Å². The smallest absolute Gasteiger partial charge is 0.340 e. The zero-order valence-corrected chi connectivity index (χ0v) is 9.67. The van der Waals surface area contributed by atoms with Gasteiger partial charge in [-0.2, -0.15) is 0 Å². The van der Waals surface area contributed by atoms with E-state index in [4.69, 9.17) is 11.6 Å². The molecule has 0 aromatic carbocycles. The Kier molecular flexibility index (Phi) is 4.62. The molecule has 1 N–H and O–H groups in total. The number of nitrogens with zero attached hydrogens (tertiary/aromatic N) is 1. The Morgan fingerprint density at radius 2 is 2.29 bits per heavy atom. The van der Waals surface area contributed by atoms with Crippen molar-refractivity contribution in [1.82, 2.24) is 4.98 Å². The normalized spacial score (nSPS) is 10.6. The first-order valence-electron chi connectivity index (χ1n) is 4.74. The van der Waals surface area contributed by atoms with Crippen LogP contribution in [0.2, 0.25) is 0 Å². The number of aromatic hydroxyl groups is 1. The van der Waals surface area contributed by atoms with E-state index in [1.54, 1.807) is 6.92 Å². The minimum Gasteiger partial charge on any atom is -0.505 e. The third-order valence-electron chi connectivity index (χ3n) is 2.01. The van der Waals surface area contributed by atoms with E-state index in [0.717, 1.165) is 6.20 Å². The quantitative estimate of drug-likeness (QED) is 0.672. The maximum Gasteiger partial charge on any atom is 0.340 e. The molecule has 0 spiro atoms. The van der Waals surface area contributed by atoms with E-state index in [-0.39, 0.29) is 18.2 Å². The number of pyridine rings is 1. The van der Waals surface area contributed by atoms with Gasteiger partial charge in [0.2, 0.25) is 0 Å². The molecular formula is C10H10ClF2NO3. The second-order valence-corrected chi connectivity index (χ2v) is 3.30. The summed E-state index contributed by atoms with van der Waals surface area (Å²) in [7, 11) is 0. The fourth-order valence-corrected chi connectivity index (χ4v) is 1.44. The second-order valence-electron chi connectivity index (χ2n) is 3.04. The highest BCUT2D eigenvalue weighted by molar-refractivity contribution is 6.17. The Morgan fingerprint density at radius 1 is 1.65 bits per heavy atom. The zero-order valence-electron chi connectivity index (χ0n) is 8.91. The van der Waals surface area contributed by atoms with Gasteiger partial charge in [-0.15, -0.1) is 11.6 Å². The molecule has 94 valence electrons. The third kappa shape index (κ3) is 2.82. The summed E-state index contributed by atoms with van der Waals surface area (Å²) in [4.78, 5) is 15.0. The Morgan fingerprint density at radius 3 is 2.76 bits per heavy atom. The lowest BCUT2D eigenvalue weighted by Gasteiger charge is -2.11. The number of alkyl halides is 3. The zero-order chi connectivity index (χ0) is 13.0. The number of hydrogen-bond donors (Lipinski definition) is 1. The van der Waals surface area contributed by atoms with E-state index in [1.807, 2.05) is 0 Å². The first-order valence-corrected chi connectivity index (χ1v) is 5.28. The Balaban J connectivity index is 3.31. The van der Waals surface area contributed by atoms with E-state index in [9.17, 15) is 18.7 Å². The number of aromatic nitrogens is 1. The van der Waals surface area contributed by atoms with Crippen LogP contribution < -0.4 is 0 Å². The van der Waals surface area contributed by atoms with Crippen LogP contribution in [0, 0.1) is 0 Å². The van der Waals surface area contributed by atoms with Crippen molar-refractivity contribution in [3.05, 3.63) is 23.0 Å². The molecule has 4 nitrogen and oxygen atoms in total. The first-order chi connectivity index (χ1) is 8.02. The molecule has 17 heavy (non-hydrogen) atoms. The van der Waals surface area contributed by atoms with Crippen molar-refractivity contribution >= 4 is 17.6 Å². The SMILES string of the molecule is CCOC(=O)c1cnc(CCl)c(O)c1C(F)F. The van der Waals surface area contributed by atoms with Crippen LogP contribution in [0.25, 0.3) is 0 Å². The molecule has 0 saturated carbocycles. The molecule has 1 heterocycles. The molecule has 1 rings (SSSR count). The van der Waals surface area contributed by atoms with Crippen LogP contribution in [-0.4, -0.2) is 22.7 Å². The van der Waals surface area contributed by atoms with Gasteiger partial charge in [-0.3, -0.25) is 4.98 Å². The Bertz CT molecular complexity index is 426. The second kappa shape index (κ2) is 5.77. The minimum absolute atomic E-state index is 0.0412. The van der Waals surface area contributed by atoms with Crippen molar-refractivity contribution in [2.24, 2.45) is 0 Å². The number of rotatable bonds is 4. The number of halogens is 3. The van der Waals surface area contributed by atoms with Crippen LogP contribution in [0.1, 0.15) is 35.0 Å². The standard InChI is InChI=1S/C10H10ClF2NO3/c1-2-17-10(16)5-4-14-6(3-11)8(15)7(5)9(12)13/h4,9,15H,2-3H2,1H3. The molecule has 0 fully saturated rings. The molecule has 0 aliphatic rings. The fourth-order valence-electron chi connectivity index (χ4n) is 1.25. The highest BCUT2D eigenvalue weighted by atomic mass is 35.5. The minimum atomic E-state index is -3.01. The Hall–Kier alpha value is -1.43. The summed E-state index contributed by atoms with van der Waals surface area (Å²) in [5.41, 5.74) is -1.35. The summed E-state index contributed by atoms with van der Waals surface area (Å²) in [6.07, 6.45) is -2.09. The number of carbonyl (C=O) groups is 1. The maximum absolute atomic E-state index is 12.8. The topological polar surface area (TPSA) is 59.4 Å². The maximum atomic E-state index is 12.8. The van der Waals surface area contributed by atoms with Crippen LogP contribution in [-0.2, 0) is 10.6 Å². The molecule has 0 atom stereocenters. The largest absolute Gasteiger partial charge is 0.505 e. The van der Waals surface area contributed by atoms with E-state index in [1.165, 1.54) is 0 Å². The van der Waals surface area contributed by atoms with Crippen LogP contribution in [0.15, 0.2) is 6.20 Å². The number of ether oxygens (including phenoxy) is 1. The van der Waals surface area contributed by atoms with Crippen LogP contribution in [0.3, 0.4) is 0 Å². The predicted molar refractivity (Wildman–Crippen MR) is 56.4 cm³/mol. The van der Waals surface area contributed by atoms with E-state index in [2.05, 4.69) is 9.72 Å². The lowest BCUT2D eigenvalue weighted by Crippen LogP contribution is -2.10. The number of hydrogen-bond acceptors (Lipinski definition) is 4. The molecule has 7 heteroatoms. The van der Waals surface area contributed by atoms with Gasteiger partial charge in [-0.25, -0.2) is 13.6 Å². The van der Waals surface area contributed by atoms with Gasteiger partial charge in [0, 0.05) is 6.20 Å². The summed E-state index contributed by atoms with van der Waals surface area (Å²) < 4.78 is 30.1. The van der Waals surface area contributed by atoms with Crippen LogP contribution in [0.5, 0.6) is 5.75 Å².